The van der Waals surface area contributed by atoms with Crippen LogP contribution in [0.15, 0.2) is 35.5 Å². The van der Waals surface area contributed by atoms with E-state index < -0.39 is 0 Å². The van der Waals surface area contributed by atoms with Gasteiger partial charge in [-0.1, -0.05) is 0 Å². The van der Waals surface area contributed by atoms with Gasteiger partial charge in [0.05, 0.1) is 12.6 Å². The molecule has 3 heterocycles. The van der Waals surface area contributed by atoms with Crippen LogP contribution in [-0.2, 0) is 0 Å². The van der Waals surface area contributed by atoms with Crippen LogP contribution in [0, 0.1) is 0 Å². The minimum atomic E-state index is 0.645. The molecule has 14 heavy (non-hydrogen) atoms. The zero-order valence-electron chi connectivity index (χ0n) is 7.14. The maximum absolute atomic E-state index is 5.26. The van der Waals surface area contributed by atoms with E-state index >= 15 is 0 Å². The zero-order chi connectivity index (χ0) is 9.38. The first kappa shape index (κ1) is 7.25. The van der Waals surface area contributed by atoms with E-state index in [0.29, 0.717) is 11.4 Å². The lowest BCUT2D eigenvalue weighted by Gasteiger charge is -1.95. The van der Waals surface area contributed by atoms with E-state index in [4.69, 9.17) is 4.42 Å². The van der Waals surface area contributed by atoms with Crippen molar-refractivity contribution in [3.8, 4) is 11.5 Å². The number of H-pyrrole nitrogens is 1. The molecule has 0 atom stereocenters. The Balaban J connectivity index is 2.36. The highest BCUT2D eigenvalue weighted by molar-refractivity contribution is 5.84. The normalized spacial score (nSPS) is 10.9. The fourth-order valence-electron chi connectivity index (χ4n) is 1.37. The molecule has 3 aromatic rings. The predicted molar refractivity (Wildman–Crippen MR) is 49.4 cm³/mol. The number of nitrogens with one attached hydrogen (secondary N) is 1. The van der Waals surface area contributed by atoms with Gasteiger partial charge in [-0.05, 0) is 12.1 Å². The van der Waals surface area contributed by atoms with Gasteiger partial charge in [-0.3, -0.25) is 0 Å². The maximum atomic E-state index is 5.26. The van der Waals surface area contributed by atoms with Gasteiger partial charge < -0.3 is 9.40 Å². The summed E-state index contributed by atoms with van der Waals surface area (Å²) >= 11 is 0. The Morgan fingerprint density at radius 2 is 2.21 bits per heavy atom. The minimum absolute atomic E-state index is 0.645. The maximum Gasteiger partial charge on any atom is 0.181 e. The Morgan fingerprint density at radius 3 is 3.07 bits per heavy atom. The highest BCUT2D eigenvalue weighted by Gasteiger charge is 2.09. The van der Waals surface area contributed by atoms with Gasteiger partial charge >= 0.3 is 0 Å². The Kier molecular flexibility index (Phi) is 1.38. The van der Waals surface area contributed by atoms with Crippen molar-refractivity contribution in [1.82, 2.24) is 19.9 Å². The molecular weight excluding hydrogens is 180 g/mol. The number of nitrogens with zero attached hydrogens (tertiary/aromatic N) is 3. The summed E-state index contributed by atoms with van der Waals surface area (Å²) in [5.74, 6) is 0.710. The first-order valence-corrected chi connectivity index (χ1v) is 4.13. The van der Waals surface area contributed by atoms with Crippen molar-refractivity contribution in [2.75, 3.05) is 0 Å². The van der Waals surface area contributed by atoms with Gasteiger partial charge in [-0.15, -0.1) is 0 Å². The summed E-state index contributed by atoms with van der Waals surface area (Å²) < 4.78 is 5.26. The quantitative estimate of drug-likeness (QED) is 0.626. The molecule has 0 aliphatic heterocycles. The molecule has 5 nitrogen and oxygen atoms in total. The summed E-state index contributed by atoms with van der Waals surface area (Å²) in [6.45, 7) is 0. The van der Waals surface area contributed by atoms with Crippen molar-refractivity contribution in [3.05, 3.63) is 31.1 Å². The van der Waals surface area contributed by atoms with Crippen LogP contribution in [-0.4, -0.2) is 19.9 Å². The van der Waals surface area contributed by atoms with Crippen LogP contribution in [0.3, 0.4) is 0 Å². The van der Waals surface area contributed by atoms with Crippen LogP contribution in [0.1, 0.15) is 0 Å². The molecule has 68 valence electrons. The van der Waals surface area contributed by atoms with Crippen molar-refractivity contribution in [2.45, 2.75) is 0 Å². The highest BCUT2D eigenvalue weighted by Crippen LogP contribution is 2.22. The molecule has 0 aliphatic carbocycles. The second-order valence-corrected chi connectivity index (χ2v) is 2.80. The van der Waals surface area contributed by atoms with Crippen molar-refractivity contribution in [1.29, 1.82) is 0 Å². The van der Waals surface area contributed by atoms with Gasteiger partial charge in [-0.2, -0.15) is 0 Å². The average Bonchev–Trinajstić information content (AvgIpc) is 2.88. The van der Waals surface area contributed by atoms with Gasteiger partial charge in [0, 0.05) is 0 Å². The van der Waals surface area contributed by atoms with Crippen LogP contribution in [0.4, 0.5) is 0 Å². The molecule has 0 fully saturated rings. The van der Waals surface area contributed by atoms with E-state index in [-0.39, 0.29) is 0 Å². The average molecular weight is 186 g/mol. The fraction of sp³-hybridized carbons (Fsp3) is 0. The SMILES string of the molecule is c1coc(-c2ncnc3nc[nH]c23)c1. The fourth-order valence-corrected chi connectivity index (χ4v) is 1.37. The molecule has 0 saturated heterocycles. The van der Waals surface area contributed by atoms with Crippen LogP contribution >= 0.6 is 0 Å². The van der Waals surface area contributed by atoms with Crippen molar-refractivity contribution < 1.29 is 4.42 Å². The van der Waals surface area contributed by atoms with E-state index in [1.807, 2.05) is 12.1 Å². The largest absolute Gasteiger partial charge is 0.463 e. The van der Waals surface area contributed by atoms with E-state index in [0.717, 1.165) is 11.2 Å². The van der Waals surface area contributed by atoms with E-state index in [1.54, 1.807) is 12.6 Å². The summed E-state index contributed by atoms with van der Waals surface area (Å²) in [6, 6.07) is 3.67. The lowest BCUT2D eigenvalue weighted by Crippen LogP contribution is -1.86. The van der Waals surface area contributed by atoms with Crippen molar-refractivity contribution in [3.63, 3.8) is 0 Å². The lowest BCUT2D eigenvalue weighted by atomic mass is 10.3. The van der Waals surface area contributed by atoms with Crippen molar-refractivity contribution in [2.24, 2.45) is 0 Å². The third-order valence-corrected chi connectivity index (χ3v) is 1.98. The zero-order valence-corrected chi connectivity index (χ0v) is 7.14. The Labute approximate surface area is 78.8 Å². The first-order chi connectivity index (χ1) is 6.95. The number of imidazole rings is 1. The molecule has 0 unspecified atom stereocenters. The molecule has 1 N–H and O–H groups in total. The Bertz CT molecular complexity index is 555. The number of hydrogen-bond acceptors (Lipinski definition) is 4. The molecular formula is C9H6N4O. The summed E-state index contributed by atoms with van der Waals surface area (Å²) in [4.78, 5) is 15.2. The first-order valence-electron chi connectivity index (χ1n) is 4.13. The van der Waals surface area contributed by atoms with Crippen molar-refractivity contribution >= 4 is 11.2 Å². The topological polar surface area (TPSA) is 67.6 Å². The summed E-state index contributed by atoms with van der Waals surface area (Å²) in [7, 11) is 0. The molecule has 5 heteroatoms. The highest BCUT2D eigenvalue weighted by atomic mass is 16.3. The van der Waals surface area contributed by atoms with Crippen LogP contribution in [0.5, 0.6) is 0 Å². The number of fused-ring (bicyclic) bond motifs is 1. The minimum Gasteiger partial charge on any atom is -0.463 e. The van der Waals surface area contributed by atoms with Crippen LogP contribution < -0.4 is 0 Å². The second-order valence-electron chi connectivity index (χ2n) is 2.80. The van der Waals surface area contributed by atoms with E-state index in [9.17, 15) is 0 Å². The second kappa shape index (κ2) is 2.66. The van der Waals surface area contributed by atoms with Crippen LogP contribution in [0.2, 0.25) is 0 Å². The molecule has 0 amide bonds. The standard InChI is InChI=1S/C9H6N4O/c1-2-6(14-3-1)7-8-9(12-4-10-7)13-5-11-8/h1-5H,(H,10,11,12,13). The molecule has 0 aliphatic rings. The Hall–Kier alpha value is -2.17. The molecule has 3 rings (SSSR count). The van der Waals surface area contributed by atoms with Gasteiger partial charge in [0.25, 0.3) is 0 Å². The number of furan rings is 1. The monoisotopic (exact) mass is 186 g/mol. The van der Waals surface area contributed by atoms with E-state index in [1.165, 1.54) is 6.33 Å². The van der Waals surface area contributed by atoms with Gasteiger partial charge in [-0.25, -0.2) is 15.0 Å². The molecule has 0 bridgehead atoms. The third kappa shape index (κ3) is 0.922. The van der Waals surface area contributed by atoms with Gasteiger partial charge in [0.1, 0.15) is 17.5 Å². The number of aromatic nitrogens is 4. The molecule has 3 aromatic heterocycles. The molecule has 0 radical (unpaired) electrons. The Morgan fingerprint density at radius 1 is 1.21 bits per heavy atom. The summed E-state index contributed by atoms with van der Waals surface area (Å²) in [5, 5.41) is 0. The summed E-state index contributed by atoms with van der Waals surface area (Å²) in [6.07, 6.45) is 4.67. The smallest absolute Gasteiger partial charge is 0.181 e. The number of aromatic amines is 1. The molecule has 0 aromatic carbocycles. The van der Waals surface area contributed by atoms with Gasteiger partial charge in [0.15, 0.2) is 11.4 Å². The molecule has 0 spiro atoms. The third-order valence-electron chi connectivity index (χ3n) is 1.98. The van der Waals surface area contributed by atoms with Crippen LogP contribution in [0.25, 0.3) is 22.6 Å². The lowest BCUT2D eigenvalue weighted by molar-refractivity contribution is 0.580. The number of hydrogen-bond donors (Lipinski definition) is 1. The van der Waals surface area contributed by atoms with E-state index in [2.05, 4.69) is 19.9 Å². The molecule has 0 saturated carbocycles. The number of rotatable bonds is 1. The summed E-state index contributed by atoms with van der Waals surface area (Å²) in [5.41, 5.74) is 2.17. The predicted octanol–water partition coefficient (Wildman–Crippen LogP) is 1.61. The van der Waals surface area contributed by atoms with Gasteiger partial charge in [0.2, 0.25) is 0 Å².